The molecule has 0 saturated heterocycles. The predicted molar refractivity (Wildman–Crippen MR) is 122 cm³/mol. The number of fused-ring (bicyclic) bond motifs is 1. The van der Waals surface area contributed by atoms with Crippen LogP contribution in [0.25, 0.3) is 0 Å². The molecule has 2 heterocycles. The van der Waals surface area contributed by atoms with E-state index in [1.165, 1.54) is 25.4 Å². The molecule has 1 amide bonds. The zero-order valence-corrected chi connectivity index (χ0v) is 20.7. The van der Waals surface area contributed by atoms with Crippen molar-refractivity contribution in [2.24, 2.45) is 11.3 Å². The largest absolute Gasteiger partial charge is 0.465 e. The number of aryl methyl sites for hydroxylation is 1. The standard InChI is InChI=1S/C22H26F3N3O3S2/c1-11-8-15(22(23,24)25)27-20(26-11)32-10-16(29)28-18-17(19(30)31-5)13-7-6-12(21(2,3)4)9-14(13)33-18/h8,12H,6-7,9-10H2,1-5H3,(H,28,29)/t12-/m0/s1. The number of nitrogens with one attached hydrogen (secondary N) is 1. The van der Waals surface area contributed by atoms with Crippen molar-refractivity contribution in [2.45, 2.75) is 58.3 Å². The van der Waals surface area contributed by atoms with Crippen molar-refractivity contribution < 1.29 is 27.5 Å². The van der Waals surface area contributed by atoms with Gasteiger partial charge in [0, 0.05) is 10.6 Å². The number of amides is 1. The molecule has 0 unspecified atom stereocenters. The molecule has 1 aliphatic rings. The first-order valence-corrected chi connectivity index (χ1v) is 12.2. The second-order valence-electron chi connectivity index (χ2n) is 9.02. The van der Waals surface area contributed by atoms with E-state index in [1.807, 2.05) is 0 Å². The number of alkyl halides is 3. The zero-order valence-electron chi connectivity index (χ0n) is 19.1. The number of methoxy groups -OCH3 is 1. The second kappa shape index (κ2) is 9.61. The first kappa shape index (κ1) is 25.5. The molecule has 2 aromatic heterocycles. The molecule has 0 spiro atoms. The van der Waals surface area contributed by atoms with Crippen molar-refractivity contribution in [3.05, 3.63) is 33.5 Å². The molecule has 1 atom stereocenters. The number of thioether (sulfide) groups is 1. The van der Waals surface area contributed by atoms with Gasteiger partial charge >= 0.3 is 12.1 Å². The zero-order chi connectivity index (χ0) is 24.6. The van der Waals surface area contributed by atoms with Gasteiger partial charge in [0.25, 0.3) is 0 Å². The van der Waals surface area contributed by atoms with Crippen molar-refractivity contribution in [3.8, 4) is 0 Å². The Morgan fingerprint density at radius 2 is 1.97 bits per heavy atom. The van der Waals surface area contributed by atoms with Crippen molar-refractivity contribution in [3.63, 3.8) is 0 Å². The number of carbonyl (C=O) groups is 2. The maximum atomic E-state index is 13.0. The van der Waals surface area contributed by atoms with Crippen molar-refractivity contribution >= 4 is 40.0 Å². The molecule has 0 bridgehead atoms. The summed E-state index contributed by atoms with van der Waals surface area (Å²) in [4.78, 5) is 33.6. The van der Waals surface area contributed by atoms with Gasteiger partial charge in [0.15, 0.2) is 5.16 Å². The van der Waals surface area contributed by atoms with Gasteiger partial charge < -0.3 is 10.1 Å². The number of hydrogen-bond acceptors (Lipinski definition) is 7. The van der Waals surface area contributed by atoms with E-state index in [1.54, 1.807) is 0 Å². The molecule has 1 N–H and O–H groups in total. The number of thiophene rings is 1. The number of hydrogen-bond donors (Lipinski definition) is 1. The minimum atomic E-state index is -4.60. The highest BCUT2D eigenvalue weighted by Crippen LogP contribution is 2.44. The third-order valence-corrected chi connectivity index (χ3v) is 7.61. The van der Waals surface area contributed by atoms with Crippen LogP contribution in [0.4, 0.5) is 18.2 Å². The smallest absolute Gasteiger partial charge is 0.433 e. The Balaban J connectivity index is 1.77. The Labute approximate surface area is 198 Å². The topological polar surface area (TPSA) is 81.2 Å². The lowest BCUT2D eigenvalue weighted by Gasteiger charge is -2.33. The Hall–Kier alpha value is -2.14. The molecular weight excluding hydrogens is 475 g/mol. The van der Waals surface area contributed by atoms with Gasteiger partial charge in [-0.25, -0.2) is 14.8 Å². The molecule has 11 heteroatoms. The molecule has 1 aliphatic carbocycles. The van der Waals surface area contributed by atoms with Crippen LogP contribution in [0.5, 0.6) is 0 Å². The summed E-state index contributed by atoms with van der Waals surface area (Å²) in [5.41, 5.74) is 0.509. The fourth-order valence-corrected chi connectivity index (χ4v) is 5.81. The van der Waals surface area contributed by atoms with E-state index in [0.717, 1.165) is 47.5 Å². The number of nitrogens with zero attached hydrogens (tertiary/aromatic N) is 2. The van der Waals surface area contributed by atoms with Gasteiger partial charge in [0.2, 0.25) is 5.91 Å². The molecule has 3 rings (SSSR count). The minimum absolute atomic E-state index is 0.121. The molecular formula is C22H26F3N3O3S2. The number of halogens is 3. The lowest BCUT2D eigenvalue weighted by atomic mass is 9.72. The Bertz CT molecular complexity index is 1060. The number of carbonyl (C=O) groups excluding carboxylic acids is 2. The first-order valence-electron chi connectivity index (χ1n) is 10.4. The van der Waals surface area contributed by atoms with Crippen LogP contribution < -0.4 is 5.32 Å². The third kappa shape index (κ3) is 6.06. The maximum absolute atomic E-state index is 13.0. The summed E-state index contributed by atoms with van der Waals surface area (Å²) in [6.45, 7) is 8.00. The Kier molecular flexibility index (Phi) is 7.42. The summed E-state index contributed by atoms with van der Waals surface area (Å²) in [5.74, 6) is -0.722. The van der Waals surface area contributed by atoms with Gasteiger partial charge in [-0.3, -0.25) is 4.79 Å². The maximum Gasteiger partial charge on any atom is 0.433 e. The number of anilines is 1. The lowest BCUT2D eigenvalue weighted by molar-refractivity contribution is -0.141. The number of rotatable bonds is 5. The summed E-state index contributed by atoms with van der Waals surface area (Å²) in [5, 5.41) is 3.02. The van der Waals surface area contributed by atoms with Crippen LogP contribution in [0.2, 0.25) is 0 Å². The average Bonchev–Trinajstić information content (AvgIpc) is 3.07. The van der Waals surface area contributed by atoms with E-state index >= 15 is 0 Å². The fourth-order valence-electron chi connectivity index (χ4n) is 3.78. The van der Waals surface area contributed by atoms with Crippen molar-refractivity contribution in [1.29, 1.82) is 0 Å². The van der Waals surface area contributed by atoms with Crippen LogP contribution >= 0.6 is 23.1 Å². The first-order chi connectivity index (χ1) is 15.3. The normalized spacial score (nSPS) is 16.3. The minimum Gasteiger partial charge on any atom is -0.465 e. The molecule has 0 aromatic carbocycles. The lowest BCUT2D eigenvalue weighted by Crippen LogP contribution is -2.26. The molecule has 0 aliphatic heterocycles. The predicted octanol–water partition coefficient (Wildman–Crippen LogP) is 5.53. The molecule has 6 nitrogen and oxygen atoms in total. The van der Waals surface area contributed by atoms with Crippen LogP contribution in [0.15, 0.2) is 11.2 Å². The summed E-state index contributed by atoms with van der Waals surface area (Å²) < 4.78 is 43.9. The van der Waals surface area contributed by atoms with Gasteiger partial charge in [-0.15, -0.1) is 11.3 Å². The van der Waals surface area contributed by atoms with Crippen molar-refractivity contribution in [1.82, 2.24) is 9.97 Å². The third-order valence-electron chi connectivity index (χ3n) is 5.59. The molecule has 0 fully saturated rings. The SMILES string of the molecule is COC(=O)c1c(NC(=O)CSc2nc(C)cc(C(F)(F)F)n2)sc2c1CC[C@H](C(C)(C)C)C2. The van der Waals surface area contributed by atoms with Gasteiger partial charge in [-0.2, -0.15) is 13.2 Å². The van der Waals surface area contributed by atoms with E-state index in [2.05, 4.69) is 36.1 Å². The second-order valence-corrected chi connectivity index (χ2v) is 11.1. The molecule has 0 saturated carbocycles. The van der Waals surface area contributed by atoms with Crippen LogP contribution in [-0.4, -0.2) is 34.7 Å². The monoisotopic (exact) mass is 501 g/mol. The molecule has 2 aromatic rings. The summed E-state index contributed by atoms with van der Waals surface area (Å²) in [6.07, 6.45) is -2.12. The molecule has 0 radical (unpaired) electrons. The van der Waals surface area contributed by atoms with E-state index in [4.69, 9.17) is 4.74 Å². The van der Waals surface area contributed by atoms with E-state index < -0.39 is 23.7 Å². The summed E-state index contributed by atoms with van der Waals surface area (Å²) in [7, 11) is 1.29. The van der Waals surface area contributed by atoms with Gasteiger partial charge in [-0.05, 0) is 49.1 Å². The van der Waals surface area contributed by atoms with Crippen LogP contribution in [0, 0.1) is 18.3 Å². The highest BCUT2D eigenvalue weighted by atomic mass is 32.2. The highest BCUT2D eigenvalue weighted by molar-refractivity contribution is 7.99. The van der Waals surface area contributed by atoms with E-state index in [9.17, 15) is 22.8 Å². The Morgan fingerprint density at radius 1 is 1.27 bits per heavy atom. The van der Waals surface area contributed by atoms with Crippen LogP contribution in [0.1, 0.15) is 59.4 Å². The van der Waals surface area contributed by atoms with Gasteiger partial charge in [-0.1, -0.05) is 32.5 Å². The van der Waals surface area contributed by atoms with Gasteiger partial charge in [0.05, 0.1) is 18.4 Å². The average molecular weight is 502 g/mol. The quantitative estimate of drug-likeness (QED) is 0.329. The van der Waals surface area contributed by atoms with E-state index in [0.29, 0.717) is 16.5 Å². The number of aromatic nitrogens is 2. The van der Waals surface area contributed by atoms with Crippen LogP contribution in [0.3, 0.4) is 0 Å². The highest BCUT2D eigenvalue weighted by Gasteiger charge is 2.35. The number of esters is 1. The summed E-state index contributed by atoms with van der Waals surface area (Å²) >= 11 is 2.17. The van der Waals surface area contributed by atoms with E-state index in [-0.39, 0.29) is 22.0 Å². The van der Waals surface area contributed by atoms with Crippen LogP contribution in [-0.2, 0) is 28.5 Å². The van der Waals surface area contributed by atoms with Crippen molar-refractivity contribution in [2.75, 3.05) is 18.2 Å². The summed E-state index contributed by atoms with van der Waals surface area (Å²) in [6, 6.07) is 0.855. The fraction of sp³-hybridized carbons (Fsp3) is 0.545. The number of ether oxygens (including phenoxy) is 1. The molecule has 33 heavy (non-hydrogen) atoms. The Morgan fingerprint density at radius 3 is 2.58 bits per heavy atom. The molecule has 180 valence electrons. The van der Waals surface area contributed by atoms with Gasteiger partial charge in [0.1, 0.15) is 10.7 Å².